The van der Waals surface area contributed by atoms with Gasteiger partial charge in [0.1, 0.15) is 11.9 Å². The number of aliphatic hydroxyl groups excluding tert-OH is 1. The molecule has 0 saturated heterocycles. The smallest absolute Gasteiger partial charge is 0.132 e. The van der Waals surface area contributed by atoms with Gasteiger partial charge >= 0.3 is 0 Å². The van der Waals surface area contributed by atoms with Gasteiger partial charge in [-0.15, -0.1) is 0 Å². The molecule has 1 atom stereocenters. The number of rotatable bonds is 4. The summed E-state index contributed by atoms with van der Waals surface area (Å²) in [4.78, 5) is 0. The summed E-state index contributed by atoms with van der Waals surface area (Å²) in [6.07, 6.45) is 4.12. The minimum atomic E-state index is -0.412. The number of hydrogen-bond donors (Lipinski definition) is 1. The predicted octanol–water partition coefficient (Wildman–Crippen LogP) is 2.50. The highest BCUT2D eigenvalue weighted by Crippen LogP contribution is 2.18. The standard InChI is InChI=1S/C9H14O2/c1-2-3-5-8(10)9-6-4-7-11-9/h4,6-8,10H,2-3,5H2,1H3/t8-/m0/s1. The van der Waals surface area contributed by atoms with Gasteiger partial charge in [0.15, 0.2) is 0 Å². The summed E-state index contributed by atoms with van der Waals surface area (Å²) in [6, 6.07) is 3.60. The fraction of sp³-hybridized carbons (Fsp3) is 0.556. The van der Waals surface area contributed by atoms with Crippen molar-refractivity contribution in [3.63, 3.8) is 0 Å². The third-order valence-electron chi connectivity index (χ3n) is 1.70. The SMILES string of the molecule is CCCC[C@H](O)c1ccco1. The molecule has 1 heterocycles. The fourth-order valence-corrected chi connectivity index (χ4v) is 1.02. The van der Waals surface area contributed by atoms with Crippen LogP contribution in [0, 0.1) is 0 Å². The van der Waals surface area contributed by atoms with Crippen molar-refractivity contribution in [3.8, 4) is 0 Å². The highest BCUT2D eigenvalue weighted by atomic mass is 16.4. The molecule has 1 aromatic heterocycles. The van der Waals surface area contributed by atoms with E-state index in [0.717, 1.165) is 19.3 Å². The van der Waals surface area contributed by atoms with Crippen LogP contribution < -0.4 is 0 Å². The number of furan rings is 1. The molecule has 0 radical (unpaired) electrons. The van der Waals surface area contributed by atoms with Crippen molar-refractivity contribution in [2.24, 2.45) is 0 Å². The van der Waals surface area contributed by atoms with Crippen molar-refractivity contribution in [2.75, 3.05) is 0 Å². The zero-order valence-electron chi connectivity index (χ0n) is 6.79. The van der Waals surface area contributed by atoms with Gasteiger partial charge in [0.05, 0.1) is 6.26 Å². The fourth-order valence-electron chi connectivity index (χ4n) is 1.02. The van der Waals surface area contributed by atoms with Gasteiger partial charge < -0.3 is 9.52 Å². The molecule has 0 aliphatic rings. The molecule has 0 aromatic carbocycles. The average Bonchev–Trinajstić information content (AvgIpc) is 2.52. The van der Waals surface area contributed by atoms with Crippen LogP contribution in [0.5, 0.6) is 0 Å². The third kappa shape index (κ3) is 2.39. The number of unbranched alkanes of at least 4 members (excludes halogenated alkanes) is 1. The average molecular weight is 154 g/mol. The van der Waals surface area contributed by atoms with Crippen LogP contribution in [0.3, 0.4) is 0 Å². The van der Waals surface area contributed by atoms with E-state index in [2.05, 4.69) is 6.92 Å². The van der Waals surface area contributed by atoms with E-state index < -0.39 is 6.10 Å². The van der Waals surface area contributed by atoms with Gasteiger partial charge in [-0.25, -0.2) is 0 Å². The van der Waals surface area contributed by atoms with Gasteiger partial charge in [-0.3, -0.25) is 0 Å². The van der Waals surface area contributed by atoms with Crippen LogP contribution in [0.1, 0.15) is 38.1 Å². The van der Waals surface area contributed by atoms with E-state index in [4.69, 9.17) is 4.42 Å². The van der Waals surface area contributed by atoms with Gasteiger partial charge in [-0.2, -0.15) is 0 Å². The molecule has 2 nitrogen and oxygen atoms in total. The van der Waals surface area contributed by atoms with E-state index in [-0.39, 0.29) is 0 Å². The second kappa shape index (κ2) is 4.19. The van der Waals surface area contributed by atoms with Crippen LogP contribution in [0.15, 0.2) is 22.8 Å². The molecule has 62 valence electrons. The number of aliphatic hydroxyl groups is 1. The van der Waals surface area contributed by atoms with Gasteiger partial charge in [0.2, 0.25) is 0 Å². The Morgan fingerprint density at radius 1 is 1.64 bits per heavy atom. The summed E-state index contributed by atoms with van der Waals surface area (Å²) in [5.41, 5.74) is 0. The van der Waals surface area contributed by atoms with E-state index >= 15 is 0 Å². The molecule has 1 rings (SSSR count). The minimum Gasteiger partial charge on any atom is -0.467 e. The maximum Gasteiger partial charge on any atom is 0.132 e. The summed E-state index contributed by atoms with van der Waals surface area (Å²) < 4.78 is 5.04. The lowest BCUT2D eigenvalue weighted by molar-refractivity contribution is 0.137. The van der Waals surface area contributed by atoms with E-state index in [1.165, 1.54) is 0 Å². The van der Waals surface area contributed by atoms with Crippen molar-refractivity contribution < 1.29 is 9.52 Å². The van der Waals surface area contributed by atoms with E-state index in [1.54, 1.807) is 18.4 Å². The first-order chi connectivity index (χ1) is 5.34. The molecule has 1 N–H and O–H groups in total. The second-order valence-corrected chi connectivity index (χ2v) is 2.67. The van der Waals surface area contributed by atoms with Crippen molar-refractivity contribution in [1.82, 2.24) is 0 Å². The first-order valence-corrected chi connectivity index (χ1v) is 4.06. The Balaban J connectivity index is 2.36. The third-order valence-corrected chi connectivity index (χ3v) is 1.70. The van der Waals surface area contributed by atoms with Gasteiger partial charge in [0, 0.05) is 0 Å². The Morgan fingerprint density at radius 3 is 3.00 bits per heavy atom. The molecule has 0 aliphatic carbocycles. The Labute approximate surface area is 66.8 Å². The lowest BCUT2D eigenvalue weighted by atomic mass is 10.1. The Kier molecular flexibility index (Phi) is 3.17. The molecule has 0 amide bonds. The normalized spacial score (nSPS) is 13.3. The van der Waals surface area contributed by atoms with Crippen molar-refractivity contribution in [1.29, 1.82) is 0 Å². The highest BCUT2D eigenvalue weighted by Gasteiger charge is 2.08. The molecular formula is C9H14O2. The largest absolute Gasteiger partial charge is 0.467 e. The van der Waals surface area contributed by atoms with E-state index in [0.29, 0.717) is 5.76 Å². The highest BCUT2D eigenvalue weighted by molar-refractivity contribution is 5.01. The molecule has 0 unspecified atom stereocenters. The quantitative estimate of drug-likeness (QED) is 0.722. The minimum absolute atomic E-state index is 0.412. The molecule has 1 aromatic rings. The molecule has 0 saturated carbocycles. The lowest BCUT2D eigenvalue weighted by Gasteiger charge is -2.04. The van der Waals surface area contributed by atoms with Gasteiger partial charge in [-0.1, -0.05) is 19.8 Å². The first-order valence-electron chi connectivity index (χ1n) is 4.06. The zero-order chi connectivity index (χ0) is 8.10. The van der Waals surface area contributed by atoms with Crippen LogP contribution in [0.25, 0.3) is 0 Å². The summed E-state index contributed by atoms with van der Waals surface area (Å²) >= 11 is 0. The van der Waals surface area contributed by atoms with Crippen LogP contribution in [0.2, 0.25) is 0 Å². The maximum absolute atomic E-state index is 9.45. The predicted molar refractivity (Wildman–Crippen MR) is 43.2 cm³/mol. The number of hydrogen-bond acceptors (Lipinski definition) is 2. The van der Waals surface area contributed by atoms with Crippen LogP contribution in [-0.2, 0) is 0 Å². The van der Waals surface area contributed by atoms with E-state index in [1.807, 2.05) is 0 Å². The first kappa shape index (κ1) is 8.34. The second-order valence-electron chi connectivity index (χ2n) is 2.67. The molecule has 0 bridgehead atoms. The lowest BCUT2D eigenvalue weighted by Crippen LogP contribution is -1.94. The Hall–Kier alpha value is -0.760. The van der Waals surface area contributed by atoms with Crippen LogP contribution >= 0.6 is 0 Å². The van der Waals surface area contributed by atoms with Crippen molar-refractivity contribution in [2.45, 2.75) is 32.3 Å². The topological polar surface area (TPSA) is 33.4 Å². The Morgan fingerprint density at radius 2 is 2.45 bits per heavy atom. The summed E-state index contributed by atoms with van der Waals surface area (Å²) in [5, 5.41) is 9.45. The van der Waals surface area contributed by atoms with Gasteiger partial charge in [0.25, 0.3) is 0 Å². The Bertz CT molecular complexity index is 179. The molecule has 0 spiro atoms. The van der Waals surface area contributed by atoms with Gasteiger partial charge in [-0.05, 0) is 18.6 Å². The van der Waals surface area contributed by atoms with Crippen LogP contribution in [-0.4, -0.2) is 5.11 Å². The molecule has 2 heteroatoms. The van der Waals surface area contributed by atoms with Crippen molar-refractivity contribution in [3.05, 3.63) is 24.2 Å². The molecular weight excluding hydrogens is 140 g/mol. The molecule has 0 fully saturated rings. The zero-order valence-corrected chi connectivity index (χ0v) is 6.79. The maximum atomic E-state index is 9.45. The summed E-state index contributed by atoms with van der Waals surface area (Å²) in [5.74, 6) is 0.679. The van der Waals surface area contributed by atoms with Crippen molar-refractivity contribution >= 4 is 0 Å². The summed E-state index contributed by atoms with van der Waals surface area (Å²) in [6.45, 7) is 2.11. The molecule has 0 aliphatic heterocycles. The van der Waals surface area contributed by atoms with Crippen LogP contribution in [0.4, 0.5) is 0 Å². The summed E-state index contributed by atoms with van der Waals surface area (Å²) in [7, 11) is 0. The monoisotopic (exact) mass is 154 g/mol. The van der Waals surface area contributed by atoms with E-state index in [9.17, 15) is 5.11 Å². The molecule has 11 heavy (non-hydrogen) atoms.